The number of carbonyl (C=O) groups excluding carboxylic acids is 3. The standard InChI is InChI=1S/C18H17NO6/c1-3-10-23-16(20)12-15(17(21)24-11-4-2)19-18(22)25-13-14-8-6-5-7-9-14/h1-2,5-9,15H,10-13H2,(H,19,22)/t15-/m0/s1. The number of rotatable bonds is 8. The first kappa shape index (κ1) is 19.6. The van der Waals surface area contributed by atoms with E-state index in [4.69, 9.17) is 22.3 Å². The van der Waals surface area contributed by atoms with Gasteiger partial charge >= 0.3 is 18.0 Å². The minimum Gasteiger partial charge on any atom is -0.452 e. The molecule has 25 heavy (non-hydrogen) atoms. The Bertz CT molecular complexity index is 671. The number of amides is 1. The van der Waals surface area contributed by atoms with Gasteiger partial charge in [-0.15, -0.1) is 12.8 Å². The average molecular weight is 343 g/mol. The number of alkyl carbamates (subject to hydrolysis) is 1. The van der Waals surface area contributed by atoms with Crippen LogP contribution in [0.3, 0.4) is 0 Å². The molecule has 1 rings (SSSR count). The molecule has 0 heterocycles. The molecule has 7 nitrogen and oxygen atoms in total. The van der Waals surface area contributed by atoms with Crippen LogP contribution in [0.4, 0.5) is 4.79 Å². The highest BCUT2D eigenvalue weighted by Gasteiger charge is 2.26. The maximum atomic E-state index is 11.9. The predicted molar refractivity (Wildman–Crippen MR) is 87.8 cm³/mol. The van der Waals surface area contributed by atoms with Crippen molar-refractivity contribution in [1.82, 2.24) is 5.32 Å². The van der Waals surface area contributed by atoms with Gasteiger partial charge in [0.1, 0.15) is 12.6 Å². The fourth-order valence-corrected chi connectivity index (χ4v) is 1.66. The largest absolute Gasteiger partial charge is 0.452 e. The molecule has 0 saturated carbocycles. The van der Waals surface area contributed by atoms with E-state index in [2.05, 4.69) is 21.9 Å². The molecule has 0 spiro atoms. The van der Waals surface area contributed by atoms with Crippen molar-refractivity contribution in [3.8, 4) is 24.7 Å². The molecule has 0 aromatic heterocycles. The van der Waals surface area contributed by atoms with Crippen LogP contribution in [0.15, 0.2) is 30.3 Å². The van der Waals surface area contributed by atoms with Crippen molar-refractivity contribution in [3.05, 3.63) is 35.9 Å². The van der Waals surface area contributed by atoms with Gasteiger partial charge in [-0.25, -0.2) is 9.59 Å². The maximum Gasteiger partial charge on any atom is 0.408 e. The van der Waals surface area contributed by atoms with Gasteiger partial charge in [-0.1, -0.05) is 42.2 Å². The summed E-state index contributed by atoms with van der Waals surface area (Å²) < 4.78 is 14.4. The molecule has 7 heteroatoms. The third-order valence-electron chi connectivity index (χ3n) is 2.77. The number of terminal acetylenes is 2. The van der Waals surface area contributed by atoms with Crippen molar-refractivity contribution in [2.24, 2.45) is 0 Å². The lowest BCUT2D eigenvalue weighted by molar-refractivity contribution is -0.151. The van der Waals surface area contributed by atoms with Crippen LogP contribution in [0, 0.1) is 24.7 Å². The number of ether oxygens (including phenoxy) is 3. The number of nitrogens with one attached hydrogen (secondary N) is 1. The van der Waals surface area contributed by atoms with E-state index in [1.807, 2.05) is 6.07 Å². The van der Waals surface area contributed by atoms with E-state index in [0.29, 0.717) is 0 Å². The minimum atomic E-state index is -1.30. The number of hydrogen-bond acceptors (Lipinski definition) is 6. The van der Waals surface area contributed by atoms with Crippen molar-refractivity contribution in [2.45, 2.75) is 19.1 Å². The van der Waals surface area contributed by atoms with Gasteiger partial charge in [0.2, 0.25) is 0 Å². The second kappa shape index (κ2) is 11.1. The van der Waals surface area contributed by atoms with Gasteiger partial charge in [0, 0.05) is 0 Å². The molecule has 130 valence electrons. The molecular formula is C18H17NO6. The Labute approximate surface area is 145 Å². The Morgan fingerprint density at radius 2 is 1.64 bits per heavy atom. The SMILES string of the molecule is C#CCOC(=O)C[C@H](NC(=O)OCc1ccccc1)C(=O)OCC#C. The third-order valence-corrected chi connectivity index (χ3v) is 2.77. The summed E-state index contributed by atoms with van der Waals surface area (Å²) in [6.45, 7) is -0.542. The Kier molecular flexibility index (Phi) is 8.73. The highest BCUT2D eigenvalue weighted by molar-refractivity contribution is 5.86. The van der Waals surface area contributed by atoms with Crippen LogP contribution >= 0.6 is 0 Å². The van der Waals surface area contributed by atoms with E-state index in [9.17, 15) is 14.4 Å². The highest BCUT2D eigenvalue weighted by Crippen LogP contribution is 2.03. The van der Waals surface area contributed by atoms with Gasteiger partial charge in [0.25, 0.3) is 0 Å². The first-order chi connectivity index (χ1) is 12.1. The Hall–Kier alpha value is -3.45. The van der Waals surface area contributed by atoms with Crippen molar-refractivity contribution in [1.29, 1.82) is 0 Å². The monoisotopic (exact) mass is 343 g/mol. The first-order valence-electron chi connectivity index (χ1n) is 7.23. The fraction of sp³-hybridized carbons (Fsp3) is 0.278. The van der Waals surface area contributed by atoms with Gasteiger partial charge in [-0.3, -0.25) is 4.79 Å². The van der Waals surface area contributed by atoms with Crippen LogP contribution in [-0.4, -0.2) is 37.3 Å². The number of esters is 2. The molecule has 0 aliphatic heterocycles. The summed E-state index contributed by atoms with van der Waals surface area (Å²) in [6, 6.07) is 7.63. The molecule has 0 fully saturated rings. The van der Waals surface area contributed by atoms with Crippen LogP contribution in [0.2, 0.25) is 0 Å². The summed E-state index contributed by atoms with van der Waals surface area (Å²) in [5.74, 6) is 2.57. The molecule has 0 unspecified atom stereocenters. The summed E-state index contributed by atoms with van der Waals surface area (Å²) in [4.78, 5) is 35.3. The van der Waals surface area contributed by atoms with Crippen molar-refractivity contribution in [2.75, 3.05) is 13.2 Å². The van der Waals surface area contributed by atoms with E-state index in [-0.39, 0.29) is 19.8 Å². The smallest absolute Gasteiger partial charge is 0.408 e. The zero-order chi connectivity index (χ0) is 18.5. The molecule has 0 bridgehead atoms. The number of carbonyl (C=O) groups is 3. The third kappa shape index (κ3) is 8.10. The molecule has 1 aromatic rings. The van der Waals surface area contributed by atoms with Crippen LogP contribution < -0.4 is 5.32 Å². The van der Waals surface area contributed by atoms with Crippen LogP contribution in [0.25, 0.3) is 0 Å². The molecule has 1 atom stereocenters. The van der Waals surface area contributed by atoms with Crippen molar-refractivity contribution >= 4 is 18.0 Å². The van der Waals surface area contributed by atoms with Crippen molar-refractivity contribution < 1.29 is 28.6 Å². The Balaban J connectivity index is 2.59. The predicted octanol–water partition coefficient (Wildman–Crippen LogP) is 1.02. The topological polar surface area (TPSA) is 90.9 Å². The van der Waals surface area contributed by atoms with Gasteiger partial charge < -0.3 is 19.5 Å². The first-order valence-corrected chi connectivity index (χ1v) is 7.23. The van der Waals surface area contributed by atoms with Gasteiger partial charge in [-0.05, 0) is 5.56 Å². The minimum absolute atomic E-state index is 0.000334. The van der Waals surface area contributed by atoms with E-state index in [0.717, 1.165) is 5.56 Å². The lowest BCUT2D eigenvalue weighted by atomic mass is 10.2. The molecule has 1 N–H and O–H groups in total. The molecule has 0 aliphatic carbocycles. The number of benzene rings is 1. The van der Waals surface area contributed by atoms with Gasteiger partial charge in [-0.2, -0.15) is 0 Å². The second-order valence-corrected chi connectivity index (χ2v) is 4.64. The molecule has 0 radical (unpaired) electrons. The summed E-state index contributed by atoms with van der Waals surface area (Å²) in [6.07, 6.45) is 8.62. The molecule has 1 aromatic carbocycles. The molecule has 0 aliphatic rings. The summed E-state index contributed by atoms with van der Waals surface area (Å²) in [5, 5.41) is 2.25. The quantitative estimate of drug-likeness (QED) is 0.431. The molecule has 0 saturated heterocycles. The zero-order valence-corrected chi connectivity index (χ0v) is 13.4. The van der Waals surface area contributed by atoms with E-state index in [1.54, 1.807) is 24.3 Å². The summed E-state index contributed by atoms with van der Waals surface area (Å²) in [7, 11) is 0. The van der Waals surface area contributed by atoms with Gasteiger partial charge in [0.15, 0.2) is 13.2 Å². The summed E-state index contributed by atoms with van der Waals surface area (Å²) >= 11 is 0. The normalized spacial score (nSPS) is 10.5. The fourth-order valence-electron chi connectivity index (χ4n) is 1.66. The Morgan fingerprint density at radius 1 is 1.00 bits per heavy atom. The van der Waals surface area contributed by atoms with Gasteiger partial charge in [0.05, 0.1) is 6.42 Å². The molecular weight excluding hydrogens is 326 g/mol. The second-order valence-electron chi connectivity index (χ2n) is 4.64. The maximum absolute atomic E-state index is 11.9. The lowest BCUT2D eigenvalue weighted by Gasteiger charge is -2.16. The highest BCUT2D eigenvalue weighted by atomic mass is 16.6. The number of hydrogen-bond donors (Lipinski definition) is 1. The average Bonchev–Trinajstić information content (AvgIpc) is 2.63. The Morgan fingerprint density at radius 3 is 2.28 bits per heavy atom. The molecule has 1 amide bonds. The lowest BCUT2D eigenvalue weighted by Crippen LogP contribution is -2.43. The van der Waals surface area contributed by atoms with E-state index >= 15 is 0 Å². The van der Waals surface area contributed by atoms with Crippen LogP contribution in [-0.2, 0) is 30.4 Å². The van der Waals surface area contributed by atoms with Crippen LogP contribution in [0.1, 0.15) is 12.0 Å². The van der Waals surface area contributed by atoms with E-state index in [1.165, 1.54) is 0 Å². The van der Waals surface area contributed by atoms with Crippen molar-refractivity contribution in [3.63, 3.8) is 0 Å². The summed E-state index contributed by atoms with van der Waals surface area (Å²) in [5.41, 5.74) is 0.762. The zero-order valence-electron chi connectivity index (χ0n) is 13.4. The van der Waals surface area contributed by atoms with Crippen LogP contribution in [0.5, 0.6) is 0 Å². The van der Waals surface area contributed by atoms with E-state index < -0.39 is 30.5 Å².